The van der Waals surface area contributed by atoms with Crippen LogP contribution >= 0.6 is 22.6 Å². The Labute approximate surface area is 68.0 Å². The second kappa shape index (κ2) is 1.83. The SMILES string of the molecule is COC1OCC2CC21I. The summed E-state index contributed by atoms with van der Waals surface area (Å²) in [5.41, 5.74) is 0. The first kappa shape index (κ1) is 6.37. The Balaban J connectivity index is 2.09. The van der Waals surface area contributed by atoms with Crippen molar-refractivity contribution in [3.05, 3.63) is 0 Å². The third-order valence-electron chi connectivity index (χ3n) is 2.13. The van der Waals surface area contributed by atoms with Crippen molar-refractivity contribution in [3.8, 4) is 0 Å². The molecule has 1 saturated heterocycles. The van der Waals surface area contributed by atoms with Gasteiger partial charge in [0.15, 0.2) is 6.29 Å². The zero-order valence-corrected chi connectivity index (χ0v) is 7.42. The molecule has 0 radical (unpaired) electrons. The normalized spacial score (nSPS) is 55.3. The minimum absolute atomic E-state index is 0.0723. The first-order valence-electron chi connectivity index (χ1n) is 3.10. The highest BCUT2D eigenvalue weighted by molar-refractivity contribution is 14.1. The number of fused-ring (bicyclic) bond motifs is 1. The van der Waals surface area contributed by atoms with Crippen molar-refractivity contribution in [1.82, 2.24) is 0 Å². The van der Waals surface area contributed by atoms with E-state index in [-0.39, 0.29) is 6.29 Å². The average Bonchev–Trinajstić information content (AvgIpc) is 2.38. The van der Waals surface area contributed by atoms with Crippen LogP contribution in [-0.2, 0) is 9.47 Å². The van der Waals surface area contributed by atoms with Crippen molar-refractivity contribution in [2.75, 3.05) is 13.7 Å². The number of ether oxygens (including phenoxy) is 2. The summed E-state index contributed by atoms with van der Waals surface area (Å²) in [5, 5.41) is 0. The smallest absolute Gasteiger partial charge is 0.171 e. The second-order valence-corrected chi connectivity index (χ2v) is 4.74. The fraction of sp³-hybridized carbons (Fsp3) is 1.00. The summed E-state index contributed by atoms with van der Waals surface area (Å²) in [6.07, 6.45) is 1.36. The van der Waals surface area contributed by atoms with Crippen LogP contribution in [0.2, 0.25) is 0 Å². The molecule has 0 amide bonds. The molecule has 2 fully saturated rings. The van der Waals surface area contributed by atoms with Crippen molar-refractivity contribution in [2.45, 2.75) is 16.1 Å². The fourth-order valence-corrected chi connectivity index (χ4v) is 2.56. The quantitative estimate of drug-likeness (QED) is 0.506. The molecule has 1 aliphatic heterocycles. The molecule has 3 unspecified atom stereocenters. The molecule has 0 aromatic carbocycles. The van der Waals surface area contributed by atoms with Crippen molar-refractivity contribution in [2.24, 2.45) is 5.92 Å². The van der Waals surface area contributed by atoms with Gasteiger partial charge in [-0.1, -0.05) is 22.6 Å². The van der Waals surface area contributed by atoms with E-state index < -0.39 is 0 Å². The molecule has 1 heterocycles. The molecule has 9 heavy (non-hydrogen) atoms. The zero-order chi connectivity index (χ0) is 6.48. The van der Waals surface area contributed by atoms with Crippen LogP contribution < -0.4 is 0 Å². The molecule has 2 aliphatic rings. The van der Waals surface area contributed by atoms with Crippen LogP contribution in [-0.4, -0.2) is 23.4 Å². The predicted octanol–water partition coefficient (Wildman–Crippen LogP) is 1.18. The van der Waals surface area contributed by atoms with Gasteiger partial charge in [-0.15, -0.1) is 0 Å². The van der Waals surface area contributed by atoms with Crippen molar-refractivity contribution in [3.63, 3.8) is 0 Å². The lowest BCUT2D eigenvalue weighted by Gasteiger charge is -2.14. The van der Waals surface area contributed by atoms with Gasteiger partial charge in [-0.2, -0.15) is 0 Å². The van der Waals surface area contributed by atoms with Gasteiger partial charge in [-0.25, -0.2) is 0 Å². The summed E-state index contributed by atoms with van der Waals surface area (Å²) in [7, 11) is 1.71. The van der Waals surface area contributed by atoms with Gasteiger partial charge in [-0.3, -0.25) is 0 Å². The van der Waals surface area contributed by atoms with E-state index in [1.54, 1.807) is 7.11 Å². The summed E-state index contributed by atoms with van der Waals surface area (Å²) in [6, 6.07) is 0. The number of methoxy groups -OCH3 is 1. The molecule has 0 N–H and O–H groups in total. The van der Waals surface area contributed by atoms with Gasteiger partial charge in [0.05, 0.1) is 10.0 Å². The number of alkyl halides is 1. The molecule has 52 valence electrons. The van der Waals surface area contributed by atoms with Gasteiger partial charge in [0.25, 0.3) is 0 Å². The first-order chi connectivity index (χ1) is 4.27. The molecular formula is C6H9IO2. The molecule has 0 bridgehead atoms. The van der Waals surface area contributed by atoms with Gasteiger partial charge in [0.2, 0.25) is 0 Å². The Morgan fingerprint density at radius 1 is 1.78 bits per heavy atom. The summed E-state index contributed by atoms with van der Waals surface area (Å²) in [6.45, 7) is 0.904. The van der Waals surface area contributed by atoms with Gasteiger partial charge < -0.3 is 9.47 Å². The standard InChI is InChI=1S/C6H9IO2/c1-8-5-6(7)2-4(6)3-9-5/h4-5H,2-3H2,1H3. The Kier molecular flexibility index (Phi) is 1.29. The Morgan fingerprint density at radius 3 is 2.78 bits per heavy atom. The molecular weight excluding hydrogens is 231 g/mol. The monoisotopic (exact) mass is 240 g/mol. The van der Waals surface area contributed by atoms with E-state index in [0.717, 1.165) is 12.5 Å². The summed E-state index contributed by atoms with van der Waals surface area (Å²) < 4.78 is 10.8. The van der Waals surface area contributed by atoms with E-state index in [9.17, 15) is 0 Å². The number of rotatable bonds is 1. The maximum atomic E-state index is 5.34. The van der Waals surface area contributed by atoms with E-state index in [4.69, 9.17) is 9.47 Å². The Hall–Kier alpha value is 0.650. The number of hydrogen-bond donors (Lipinski definition) is 0. The highest BCUT2D eigenvalue weighted by Crippen LogP contribution is 2.59. The third-order valence-corrected chi connectivity index (χ3v) is 3.96. The number of halogens is 1. The summed E-state index contributed by atoms with van der Waals surface area (Å²) in [5.74, 6) is 0.781. The summed E-state index contributed by atoms with van der Waals surface area (Å²) >= 11 is 2.45. The molecule has 1 saturated carbocycles. The maximum absolute atomic E-state index is 5.34. The second-order valence-electron chi connectivity index (χ2n) is 2.73. The van der Waals surface area contributed by atoms with E-state index in [2.05, 4.69) is 22.6 Å². The Bertz CT molecular complexity index is 137. The lowest BCUT2D eigenvalue weighted by Crippen LogP contribution is -2.22. The highest BCUT2D eigenvalue weighted by Gasteiger charge is 2.63. The highest BCUT2D eigenvalue weighted by atomic mass is 127. The topological polar surface area (TPSA) is 18.5 Å². The van der Waals surface area contributed by atoms with Crippen LogP contribution in [0.15, 0.2) is 0 Å². The predicted molar refractivity (Wildman–Crippen MR) is 41.6 cm³/mol. The molecule has 0 aromatic rings. The molecule has 2 nitrogen and oxygen atoms in total. The molecule has 0 spiro atoms. The molecule has 3 heteroatoms. The molecule has 2 rings (SSSR count). The van der Waals surface area contributed by atoms with Crippen molar-refractivity contribution in [1.29, 1.82) is 0 Å². The molecule has 3 atom stereocenters. The van der Waals surface area contributed by atoms with Crippen molar-refractivity contribution >= 4 is 22.6 Å². The van der Waals surface area contributed by atoms with Crippen LogP contribution in [0.1, 0.15) is 6.42 Å². The van der Waals surface area contributed by atoms with Crippen LogP contribution in [0.3, 0.4) is 0 Å². The average molecular weight is 240 g/mol. The van der Waals surface area contributed by atoms with Crippen LogP contribution in [0.5, 0.6) is 0 Å². The minimum Gasteiger partial charge on any atom is -0.354 e. The van der Waals surface area contributed by atoms with Crippen LogP contribution in [0, 0.1) is 5.92 Å². The van der Waals surface area contributed by atoms with Crippen LogP contribution in [0.25, 0.3) is 0 Å². The van der Waals surface area contributed by atoms with Crippen molar-refractivity contribution < 1.29 is 9.47 Å². The fourth-order valence-electron chi connectivity index (χ4n) is 1.41. The van der Waals surface area contributed by atoms with E-state index in [1.165, 1.54) is 6.42 Å². The lowest BCUT2D eigenvalue weighted by molar-refractivity contribution is -0.0999. The zero-order valence-electron chi connectivity index (χ0n) is 5.26. The van der Waals surface area contributed by atoms with Gasteiger partial charge >= 0.3 is 0 Å². The van der Waals surface area contributed by atoms with E-state index >= 15 is 0 Å². The maximum Gasteiger partial charge on any atom is 0.171 e. The number of hydrogen-bond acceptors (Lipinski definition) is 2. The van der Waals surface area contributed by atoms with Gasteiger partial charge in [-0.05, 0) is 6.42 Å². The molecule has 1 aliphatic carbocycles. The van der Waals surface area contributed by atoms with Gasteiger partial charge in [0, 0.05) is 13.0 Å². The Morgan fingerprint density at radius 2 is 2.56 bits per heavy atom. The minimum atomic E-state index is 0.0723. The van der Waals surface area contributed by atoms with Gasteiger partial charge in [0.1, 0.15) is 0 Å². The van der Waals surface area contributed by atoms with E-state index in [1.807, 2.05) is 0 Å². The third kappa shape index (κ3) is 0.746. The molecule has 0 aromatic heterocycles. The van der Waals surface area contributed by atoms with Crippen LogP contribution in [0.4, 0.5) is 0 Å². The summed E-state index contributed by atoms with van der Waals surface area (Å²) in [4.78, 5) is 0. The lowest BCUT2D eigenvalue weighted by atomic mass is 10.4. The van der Waals surface area contributed by atoms with E-state index in [0.29, 0.717) is 3.42 Å². The largest absolute Gasteiger partial charge is 0.354 e. The first-order valence-corrected chi connectivity index (χ1v) is 4.18.